The molecule has 4 aliphatic carbocycles. The van der Waals surface area contributed by atoms with Gasteiger partial charge in [0, 0.05) is 59.4 Å². The molecule has 17 heteroatoms. The Hall–Kier alpha value is -1.82. The van der Waals surface area contributed by atoms with Crippen LogP contribution in [0.2, 0.25) is 0 Å². The van der Waals surface area contributed by atoms with E-state index in [0.29, 0.717) is 11.8 Å². The van der Waals surface area contributed by atoms with Gasteiger partial charge in [0.05, 0.1) is 49.3 Å². The zero-order chi connectivity index (χ0) is 36.0. The second kappa shape index (κ2) is 14.9. The molecule has 5 heterocycles. The van der Waals surface area contributed by atoms with Crippen LogP contribution in [-0.4, -0.2) is 73.2 Å². The zero-order valence-electron chi connectivity index (χ0n) is 29.7. The van der Waals surface area contributed by atoms with E-state index in [9.17, 15) is 39.6 Å². The Balaban J connectivity index is 0.00000400. The third kappa shape index (κ3) is 6.38. The molecule has 8 N–H and O–H groups in total. The monoisotopic (exact) mass is 826 g/mol. The summed E-state index contributed by atoms with van der Waals surface area (Å²) in [5, 5.41) is 81.6. The van der Waals surface area contributed by atoms with Gasteiger partial charge in [-0.15, -0.1) is 0 Å². The van der Waals surface area contributed by atoms with Gasteiger partial charge in [-0.1, -0.05) is 38.5 Å². The average Bonchev–Trinajstić information content (AvgIpc) is 3.86. The first-order valence-corrected chi connectivity index (χ1v) is 20.0. The SMILES string of the molecule is O=C([O-])C1C(C(=O)[O-])C(C(=O)[O-])C2C3NC4NC(NC5NC(NC6NC(NC(N3)C2C1C(=O)[O-])C1CCCCC61)C1CCCCC51)C1CCCCC41.[Ru+4]. The molecule has 5 saturated heterocycles. The summed E-state index contributed by atoms with van der Waals surface area (Å²) < 4.78 is 0. The minimum absolute atomic E-state index is 0. The standard InChI is InChI=1S/C36H56N8O8.Ru/c45-33(46)21-19-20(22(34(47)48)24(36(51)52)23(21)35(49)50)32-43-30-18-12-6-4-10-16(18)28(41-30)39-26-14-8-2-1-7-13(14)25(37-26)38-27-15-9-3-5-11-17(15)29(40-27)42-31(19)44-32;/h13-32,37-44H,1-12H2,(H,45,46)(H,47,48)(H,49,50)(H,51,52);/q;+4/p-4. The Morgan fingerprint density at radius 2 is 0.509 bits per heavy atom. The van der Waals surface area contributed by atoms with Gasteiger partial charge in [-0.05, 0) is 74.0 Å². The molecule has 9 rings (SSSR count). The first kappa shape index (κ1) is 38.1. The van der Waals surface area contributed by atoms with Crippen LogP contribution >= 0.6 is 0 Å². The summed E-state index contributed by atoms with van der Waals surface area (Å²) in [7, 11) is 0. The van der Waals surface area contributed by atoms with Crippen LogP contribution in [0.15, 0.2) is 0 Å². The second-order valence-electron chi connectivity index (χ2n) is 17.5. The van der Waals surface area contributed by atoms with Gasteiger partial charge in [-0.25, -0.2) is 0 Å². The van der Waals surface area contributed by atoms with Crippen LogP contribution in [0.25, 0.3) is 0 Å². The summed E-state index contributed by atoms with van der Waals surface area (Å²) >= 11 is 0. The van der Waals surface area contributed by atoms with Crippen LogP contribution in [0.3, 0.4) is 0 Å². The Morgan fingerprint density at radius 3 is 0.717 bits per heavy atom. The van der Waals surface area contributed by atoms with E-state index >= 15 is 0 Å². The third-order valence-electron chi connectivity index (χ3n) is 15.4. The summed E-state index contributed by atoms with van der Waals surface area (Å²) in [5.74, 6) is -16.1. The van der Waals surface area contributed by atoms with Crippen molar-refractivity contribution in [3.8, 4) is 0 Å². The number of hydrogen-bond acceptors (Lipinski definition) is 16. The molecule has 0 aromatic carbocycles. The second-order valence-corrected chi connectivity index (χ2v) is 17.5. The molecule has 16 nitrogen and oxygen atoms in total. The van der Waals surface area contributed by atoms with Crippen molar-refractivity contribution in [1.29, 1.82) is 0 Å². The minimum atomic E-state index is -2.20. The van der Waals surface area contributed by atoms with Crippen LogP contribution in [0.5, 0.6) is 0 Å². The van der Waals surface area contributed by atoms with Gasteiger partial charge >= 0.3 is 19.5 Å². The van der Waals surface area contributed by atoms with Crippen molar-refractivity contribution in [2.24, 2.45) is 71.0 Å². The van der Waals surface area contributed by atoms with E-state index in [-0.39, 0.29) is 80.1 Å². The van der Waals surface area contributed by atoms with E-state index in [1.165, 1.54) is 12.8 Å². The average molecular weight is 826 g/mol. The maximum atomic E-state index is 13.0. The fourth-order valence-electron chi connectivity index (χ4n) is 13.4. The molecule has 53 heavy (non-hydrogen) atoms. The predicted octanol–water partition coefficient (Wildman–Crippen LogP) is -5.49. The predicted molar refractivity (Wildman–Crippen MR) is 173 cm³/mol. The maximum absolute atomic E-state index is 13.0. The van der Waals surface area contributed by atoms with Crippen molar-refractivity contribution < 1.29 is 59.1 Å². The summed E-state index contributed by atoms with van der Waals surface area (Å²) in [6.07, 6.45) is 10.5. The molecule has 20 unspecified atom stereocenters. The van der Waals surface area contributed by atoms with E-state index in [2.05, 4.69) is 42.5 Å². The molecule has 0 aromatic heterocycles. The van der Waals surface area contributed by atoms with Gasteiger partial charge in [-0.3, -0.25) is 42.5 Å². The number of nitrogens with one attached hydrogen (secondary N) is 8. The number of carboxylic acid groups (broad SMARTS) is 4. The normalized spacial score (nSPS) is 51.5. The molecule has 0 radical (unpaired) electrons. The fraction of sp³-hybridized carbons (Fsp3) is 0.889. The van der Waals surface area contributed by atoms with Gasteiger partial charge in [0.2, 0.25) is 0 Å². The first-order chi connectivity index (χ1) is 25.1. The molecule has 5 aliphatic heterocycles. The Morgan fingerprint density at radius 1 is 0.321 bits per heavy atom. The number of carbonyl (C=O) groups excluding carboxylic acids is 4. The molecule has 0 amide bonds. The quantitative estimate of drug-likeness (QED) is 0.123. The number of carboxylic acids is 4. The van der Waals surface area contributed by atoms with Gasteiger partial charge in [-0.2, -0.15) is 0 Å². The van der Waals surface area contributed by atoms with E-state index in [0.717, 1.165) is 64.2 Å². The molecular formula is C36H52N8O8Ru. The first-order valence-electron chi connectivity index (χ1n) is 20.0. The molecule has 0 spiro atoms. The summed E-state index contributed by atoms with van der Waals surface area (Å²) in [4.78, 5) is 51.3. The van der Waals surface area contributed by atoms with E-state index < -0.39 is 71.7 Å². The Labute approximate surface area is 322 Å². The van der Waals surface area contributed by atoms with Crippen LogP contribution in [-0.2, 0) is 38.7 Å². The Bertz CT molecular complexity index is 1350. The van der Waals surface area contributed by atoms with Gasteiger partial charge in [0.25, 0.3) is 0 Å². The zero-order valence-corrected chi connectivity index (χ0v) is 31.4. The van der Waals surface area contributed by atoms with Crippen molar-refractivity contribution >= 4 is 23.9 Å². The fourth-order valence-corrected chi connectivity index (χ4v) is 13.4. The molecule has 0 aromatic rings. The van der Waals surface area contributed by atoms with Crippen LogP contribution in [0, 0.1) is 71.0 Å². The number of aliphatic carboxylic acids is 4. The van der Waals surface area contributed by atoms with Crippen molar-refractivity contribution in [2.75, 3.05) is 0 Å². The van der Waals surface area contributed by atoms with Gasteiger partial charge in [0.1, 0.15) is 0 Å². The number of fused-ring (bicyclic) bond motifs is 20. The molecular weight excluding hydrogens is 774 g/mol. The minimum Gasteiger partial charge on any atom is -0.550 e. The molecule has 4 saturated carbocycles. The van der Waals surface area contributed by atoms with Crippen molar-refractivity contribution in [2.45, 2.75) is 126 Å². The molecule has 9 aliphatic rings. The number of hydrogen-bond donors (Lipinski definition) is 8. The van der Waals surface area contributed by atoms with Crippen molar-refractivity contribution in [3.63, 3.8) is 0 Å². The van der Waals surface area contributed by atoms with Crippen LogP contribution in [0.1, 0.15) is 77.0 Å². The molecule has 20 atom stereocenters. The summed E-state index contributed by atoms with van der Waals surface area (Å²) in [5.41, 5.74) is 0. The van der Waals surface area contributed by atoms with E-state index in [1.54, 1.807) is 0 Å². The largest absolute Gasteiger partial charge is 4.00 e. The van der Waals surface area contributed by atoms with Crippen molar-refractivity contribution in [3.05, 3.63) is 0 Å². The van der Waals surface area contributed by atoms with E-state index in [1.807, 2.05) is 0 Å². The molecule has 8 bridgehead atoms. The molecule has 292 valence electrons. The van der Waals surface area contributed by atoms with Crippen LogP contribution in [0.4, 0.5) is 0 Å². The molecule has 9 fully saturated rings. The Kier molecular flexibility index (Phi) is 10.7. The summed E-state index contributed by atoms with van der Waals surface area (Å²) in [6.45, 7) is 0. The summed E-state index contributed by atoms with van der Waals surface area (Å²) in [6, 6.07) is 0. The number of rotatable bonds is 4. The number of carbonyl (C=O) groups is 4. The van der Waals surface area contributed by atoms with Crippen LogP contribution < -0.4 is 63.0 Å². The topological polar surface area (TPSA) is 257 Å². The van der Waals surface area contributed by atoms with Gasteiger partial charge in [0.15, 0.2) is 0 Å². The van der Waals surface area contributed by atoms with Gasteiger partial charge < -0.3 is 39.6 Å². The van der Waals surface area contributed by atoms with E-state index in [4.69, 9.17) is 0 Å². The third-order valence-corrected chi connectivity index (χ3v) is 15.4. The maximum Gasteiger partial charge on any atom is 4.00 e. The van der Waals surface area contributed by atoms with Crippen molar-refractivity contribution in [1.82, 2.24) is 42.5 Å². The smallest absolute Gasteiger partial charge is 0.550 e.